The molecule has 8 heteroatoms. The number of hydrogen-bond acceptors (Lipinski definition) is 8. The van der Waals surface area contributed by atoms with Crippen LogP contribution in [0.15, 0.2) is 39.8 Å². The molecule has 5 rings (SSSR count). The molecule has 0 bridgehead atoms. The first-order valence-corrected chi connectivity index (χ1v) is 14.2. The molecule has 39 heavy (non-hydrogen) atoms. The van der Waals surface area contributed by atoms with Gasteiger partial charge in [-0.3, -0.25) is 4.98 Å². The van der Waals surface area contributed by atoms with E-state index >= 15 is 0 Å². The topological polar surface area (TPSA) is 100 Å². The lowest BCUT2D eigenvalue weighted by Crippen LogP contribution is -2.70. The summed E-state index contributed by atoms with van der Waals surface area (Å²) in [6, 6.07) is 5.32. The van der Waals surface area contributed by atoms with Crippen molar-refractivity contribution < 1.29 is 28.5 Å². The van der Waals surface area contributed by atoms with E-state index in [2.05, 4.69) is 32.7 Å². The van der Waals surface area contributed by atoms with Crippen LogP contribution in [0.5, 0.6) is 5.75 Å². The van der Waals surface area contributed by atoms with Crippen LogP contribution in [0.25, 0.3) is 11.3 Å². The standard InChI is InChI=1S/C31H43NO7/c1-7-29(3)19(2)10-11-30(4)23(29)16-24(37-18-36-14-13-35-6)31(5)27(30)26(33)25-22(39-31)15-21(38-28(25)34)20-9-8-12-32-17-20/h8-9,12,15,17,19,23-24,26-27,33H,7,10-11,13-14,16,18H2,1-6H3/t19-,23?,24-,26-,27?,29+,30-,31+/m0/s1. The average Bonchev–Trinajstić information content (AvgIpc) is 2.91. The third kappa shape index (κ3) is 4.53. The Labute approximate surface area is 231 Å². The van der Waals surface area contributed by atoms with Crippen LogP contribution in [-0.2, 0) is 14.2 Å². The molecule has 3 aliphatic rings. The number of ether oxygens (including phenoxy) is 4. The summed E-state index contributed by atoms with van der Waals surface area (Å²) in [5.41, 5.74) is -0.820. The van der Waals surface area contributed by atoms with Crippen LogP contribution in [0.4, 0.5) is 0 Å². The summed E-state index contributed by atoms with van der Waals surface area (Å²) in [7, 11) is 1.64. The van der Waals surface area contributed by atoms with Gasteiger partial charge in [0, 0.05) is 37.1 Å². The Bertz CT molecular complexity index is 1220. The van der Waals surface area contributed by atoms with Crippen molar-refractivity contribution in [3.63, 3.8) is 0 Å². The lowest BCUT2D eigenvalue weighted by atomic mass is 9.41. The zero-order valence-corrected chi connectivity index (χ0v) is 24.1. The van der Waals surface area contributed by atoms with Gasteiger partial charge in [0.1, 0.15) is 35.6 Å². The number of aliphatic hydroxyl groups is 1. The Balaban J connectivity index is 1.60. The molecule has 1 aliphatic heterocycles. The summed E-state index contributed by atoms with van der Waals surface area (Å²) in [5.74, 6) is 1.12. The van der Waals surface area contributed by atoms with Crippen LogP contribution in [-0.4, -0.2) is 48.9 Å². The molecule has 1 N–H and O–H groups in total. The van der Waals surface area contributed by atoms with Crippen molar-refractivity contribution in [2.24, 2.45) is 28.6 Å². The molecule has 3 heterocycles. The summed E-state index contributed by atoms with van der Waals surface area (Å²) in [6.45, 7) is 12.3. The van der Waals surface area contributed by atoms with Gasteiger partial charge in [-0.05, 0) is 61.0 Å². The lowest BCUT2D eigenvalue weighted by molar-refractivity contribution is -0.274. The van der Waals surface area contributed by atoms with Crippen molar-refractivity contribution in [3.05, 3.63) is 46.6 Å². The fourth-order valence-corrected chi connectivity index (χ4v) is 8.19. The Morgan fingerprint density at radius 3 is 2.72 bits per heavy atom. The predicted molar refractivity (Wildman–Crippen MR) is 146 cm³/mol. The number of aliphatic hydroxyl groups excluding tert-OH is 1. The Morgan fingerprint density at radius 1 is 1.23 bits per heavy atom. The monoisotopic (exact) mass is 541 g/mol. The van der Waals surface area contributed by atoms with Crippen LogP contribution in [0, 0.1) is 28.6 Å². The van der Waals surface area contributed by atoms with E-state index in [9.17, 15) is 9.90 Å². The molecule has 8 atom stereocenters. The van der Waals surface area contributed by atoms with Crippen molar-refractivity contribution in [2.75, 3.05) is 27.1 Å². The number of aromatic nitrogens is 1. The first-order valence-electron chi connectivity index (χ1n) is 14.2. The predicted octanol–water partition coefficient (Wildman–Crippen LogP) is 5.38. The van der Waals surface area contributed by atoms with E-state index in [4.69, 9.17) is 23.4 Å². The Morgan fingerprint density at radius 2 is 2.03 bits per heavy atom. The Kier molecular flexibility index (Phi) is 7.70. The van der Waals surface area contributed by atoms with Crippen LogP contribution < -0.4 is 10.4 Å². The average molecular weight is 542 g/mol. The van der Waals surface area contributed by atoms with Crippen molar-refractivity contribution >= 4 is 0 Å². The summed E-state index contributed by atoms with van der Waals surface area (Å²) >= 11 is 0. The van der Waals surface area contributed by atoms with E-state index in [0.717, 1.165) is 25.7 Å². The van der Waals surface area contributed by atoms with Gasteiger partial charge in [0.15, 0.2) is 0 Å². The molecule has 214 valence electrons. The smallest absolute Gasteiger partial charge is 0.345 e. The van der Waals surface area contributed by atoms with E-state index in [1.807, 2.05) is 13.0 Å². The molecule has 2 saturated carbocycles. The third-order valence-electron chi connectivity index (χ3n) is 10.6. The number of nitrogens with zero attached hydrogens (tertiary/aromatic N) is 1. The highest BCUT2D eigenvalue weighted by atomic mass is 16.7. The van der Waals surface area contributed by atoms with Gasteiger partial charge in [-0.25, -0.2) is 4.79 Å². The molecule has 0 aromatic carbocycles. The second-order valence-electron chi connectivity index (χ2n) is 12.4. The lowest BCUT2D eigenvalue weighted by Gasteiger charge is -2.67. The van der Waals surface area contributed by atoms with Gasteiger partial charge in [-0.1, -0.05) is 34.1 Å². The first kappa shape index (κ1) is 28.3. The molecule has 0 spiro atoms. The van der Waals surface area contributed by atoms with Crippen LogP contribution >= 0.6 is 0 Å². The summed E-state index contributed by atoms with van der Waals surface area (Å²) in [6.07, 6.45) is 5.71. The third-order valence-corrected chi connectivity index (χ3v) is 10.6. The van der Waals surface area contributed by atoms with Crippen molar-refractivity contribution in [2.45, 2.75) is 78.1 Å². The van der Waals surface area contributed by atoms with E-state index in [1.54, 1.807) is 31.6 Å². The molecule has 2 aromatic heterocycles. The van der Waals surface area contributed by atoms with Crippen molar-refractivity contribution in [1.29, 1.82) is 0 Å². The fraction of sp³-hybridized carbons (Fsp3) is 0.677. The van der Waals surface area contributed by atoms with E-state index in [0.29, 0.717) is 36.2 Å². The number of hydrogen-bond donors (Lipinski definition) is 1. The summed E-state index contributed by atoms with van der Waals surface area (Å²) < 4.78 is 29.8. The zero-order valence-electron chi connectivity index (χ0n) is 24.1. The van der Waals surface area contributed by atoms with Gasteiger partial charge in [-0.2, -0.15) is 0 Å². The molecule has 2 fully saturated rings. The molecular weight excluding hydrogens is 498 g/mol. The highest BCUT2D eigenvalue weighted by Crippen LogP contribution is 2.68. The minimum Gasteiger partial charge on any atom is -0.484 e. The number of fused-ring (bicyclic) bond motifs is 4. The van der Waals surface area contributed by atoms with Gasteiger partial charge in [0.2, 0.25) is 0 Å². The van der Waals surface area contributed by atoms with Crippen LogP contribution in [0.1, 0.15) is 72.0 Å². The molecule has 2 unspecified atom stereocenters. The fourth-order valence-electron chi connectivity index (χ4n) is 8.19. The number of pyridine rings is 1. The summed E-state index contributed by atoms with van der Waals surface area (Å²) in [5, 5.41) is 12.1. The molecule has 0 amide bonds. The highest BCUT2D eigenvalue weighted by molar-refractivity contribution is 5.59. The largest absolute Gasteiger partial charge is 0.484 e. The number of methoxy groups -OCH3 is 1. The van der Waals surface area contributed by atoms with Crippen molar-refractivity contribution in [1.82, 2.24) is 4.98 Å². The van der Waals surface area contributed by atoms with E-state index in [1.165, 1.54) is 0 Å². The maximum Gasteiger partial charge on any atom is 0.345 e. The molecule has 8 nitrogen and oxygen atoms in total. The van der Waals surface area contributed by atoms with Gasteiger partial charge < -0.3 is 28.5 Å². The second-order valence-corrected chi connectivity index (χ2v) is 12.4. The SMILES string of the molecule is CC[C@@]1(C)C2C[C@H](OCOCCOC)[C@@]3(C)Oc4cc(-c5cccnc5)oc(=O)c4[C@H](O)C3[C@@]2(C)CC[C@@H]1C. The van der Waals surface area contributed by atoms with E-state index in [-0.39, 0.29) is 41.1 Å². The van der Waals surface area contributed by atoms with Crippen LogP contribution in [0.2, 0.25) is 0 Å². The molecule has 2 aliphatic carbocycles. The minimum absolute atomic E-state index is 0.0572. The molecule has 2 aromatic rings. The van der Waals surface area contributed by atoms with Crippen molar-refractivity contribution in [3.8, 4) is 17.1 Å². The summed E-state index contributed by atoms with van der Waals surface area (Å²) in [4.78, 5) is 17.6. The van der Waals surface area contributed by atoms with E-state index < -0.39 is 17.3 Å². The maximum absolute atomic E-state index is 13.4. The highest BCUT2D eigenvalue weighted by Gasteiger charge is 2.68. The molecular formula is C31H43NO7. The molecule has 0 radical (unpaired) electrons. The number of rotatable bonds is 8. The van der Waals surface area contributed by atoms with Gasteiger partial charge >= 0.3 is 5.63 Å². The Hall–Kier alpha value is -2.26. The quantitative estimate of drug-likeness (QED) is 0.351. The zero-order chi connectivity index (χ0) is 28.0. The maximum atomic E-state index is 13.4. The van der Waals surface area contributed by atoms with Gasteiger partial charge in [-0.15, -0.1) is 0 Å². The van der Waals surface area contributed by atoms with Gasteiger partial charge in [0.25, 0.3) is 0 Å². The normalized spacial score (nSPS) is 37.4. The van der Waals surface area contributed by atoms with Crippen LogP contribution in [0.3, 0.4) is 0 Å². The second kappa shape index (κ2) is 10.6. The first-order chi connectivity index (χ1) is 18.6. The van der Waals surface area contributed by atoms with Gasteiger partial charge in [0.05, 0.1) is 19.3 Å². The molecule has 0 saturated heterocycles. The minimum atomic E-state index is -1.05.